The molecule has 0 fully saturated rings. The first-order valence-corrected chi connectivity index (χ1v) is 43.2. The largest absolute Gasteiger partial charge is 0.472 e. The first kappa shape index (κ1) is 93.5. The van der Waals surface area contributed by atoms with Crippen LogP contribution in [-0.4, -0.2) is 74.9 Å². The molecule has 0 spiro atoms. The predicted molar refractivity (Wildman–Crippen MR) is 418 cm³/mol. The van der Waals surface area contributed by atoms with Crippen molar-refractivity contribution >= 4 is 19.8 Å². The molecular formula is C86H161NO8P+. The molecule has 562 valence electrons. The van der Waals surface area contributed by atoms with Crippen LogP contribution in [0.3, 0.4) is 0 Å². The number of esters is 2. The molecule has 0 aliphatic rings. The normalized spacial score (nSPS) is 13.4. The van der Waals surface area contributed by atoms with Crippen molar-refractivity contribution in [2.45, 2.75) is 418 Å². The lowest BCUT2D eigenvalue weighted by molar-refractivity contribution is -0.870. The molecular weight excluding hydrogens is 1210 g/mol. The van der Waals surface area contributed by atoms with Crippen LogP contribution in [0.4, 0.5) is 0 Å². The van der Waals surface area contributed by atoms with Crippen molar-refractivity contribution in [1.82, 2.24) is 0 Å². The summed E-state index contributed by atoms with van der Waals surface area (Å²) in [5.74, 6) is -0.775. The molecule has 0 aromatic heterocycles. The van der Waals surface area contributed by atoms with Crippen LogP contribution < -0.4 is 0 Å². The summed E-state index contributed by atoms with van der Waals surface area (Å²) in [5.41, 5.74) is 0. The van der Waals surface area contributed by atoms with E-state index in [1.165, 1.54) is 308 Å². The molecule has 1 N–H and O–H groups in total. The van der Waals surface area contributed by atoms with Crippen LogP contribution in [0, 0.1) is 0 Å². The van der Waals surface area contributed by atoms with E-state index >= 15 is 0 Å². The number of phosphoric acid groups is 1. The van der Waals surface area contributed by atoms with Gasteiger partial charge in [-0.2, -0.15) is 0 Å². The molecule has 10 heteroatoms. The molecule has 0 amide bonds. The Bertz CT molecular complexity index is 1850. The molecule has 0 heterocycles. The number of carbonyl (C=O) groups is 2. The van der Waals surface area contributed by atoms with Crippen molar-refractivity contribution in [1.29, 1.82) is 0 Å². The molecule has 0 saturated carbocycles. The Morgan fingerprint density at radius 2 is 0.594 bits per heavy atom. The van der Waals surface area contributed by atoms with Crippen LogP contribution in [0.1, 0.15) is 412 Å². The third kappa shape index (κ3) is 80.4. The van der Waals surface area contributed by atoms with Gasteiger partial charge < -0.3 is 18.9 Å². The summed E-state index contributed by atoms with van der Waals surface area (Å²) < 4.78 is 34.9. The number of quaternary nitrogens is 1. The van der Waals surface area contributed by atoms with Crippen molar-refractivity contribution < 1.29 is 42.1 Å². The second-order valence-corrected chi connectivity index (χ2v) is 30.9. The van der Waals surface area contributed by atoms with E-state index in [1.807, 2.05) is 21.1 Å². The summed E-state index contributed by atoms with van der Waals surface area (Å²) in [6.45, 7) is 4.39. The van der Waals surface area contributed by atoms with Gasteiger partial charge in [0.2, 0.25) is 0 Å². The molecule has 0 saturated heterocycles. The number of phosphoric ester groups is 1. The van der Waals surface area contributed by atoms with Crippen LogP contribution in [0.5, 0.6) is 0 Å². The fraction of sp³-hybridized carbons (Fsp3) is 0.837. The van der Waals surface area contributed by atoms with Gasteiger partial charge >= 0.3 is 19.8 Å². The summed E-state index contributed by atoms with van der Waals surface area (Å²) in [7, 11) is 1.50. The summed E-state index contributed by atoms with van der Waals surface area (Å²) >= 11 is 0. The SMILES string of the molecule is CC/C=C\C/C=C\C/C=C\C/C=C\C/C=C\C/C=C\CCCCCCCCCCCCCCCCCCCCC(=O)OC(COC(=O)CCCCCCCCCCCCCCCCCCCCCCCCCCCCCCCCCCCCC)COP(=O)(O)OCC[N+](C)(C)C. The Morgan fingerprint density at radius 1 is 0.333 bits per heavy atom. The van der Waals surface area contributed by atoms with Crippen LogP contribution in [0.25, 0.3) is 0 Å². The third-order valence-corrected chi connectivity index (χ3v) is 19.7. The fourth-order valence-corrected chi connectivity index (χ4v) is 13.2. The Hall–Kier alpha value is -2.55. The standard InChI is InChI=1S/C86H160NO8P/c1-6-8-10-12-14-16-18-20-22-24-26-28-30-32-34-36-38-40-42-43-45-47-49-51-53-55-57-59-61-63-65-67-69-71-73-75-77-79-86(89)95-84(83-94-96(90,91)93-81-80-87(3,4)5)82-92-85(88)78-76-74-72-70-68-66-64-62-60-58-56-54-52-50-48-46-44-41-39-37-35-33-31-29-27-25-23-21-19-17-15-13-11-9-7-2/h8,10,14,16,20,22,26,28,32,34,38,40,84H,6-7,9,11-13,15,17-19,21,23-25,27,29-31,33,35-37,39,41-83H2,1-5H3/p+1/b10-8-,16-14-,22-20-,28-26-,34-32-,40-38-. The third-order valence-electron chi connectivity index (χ3n) is 18.8. The van der Waals surface area contributed by atoms with E-state index in [4.69, 9.17) is 18.5 Å². The maximum Gasteiger partial charge on any atom is 0.472 e. The van der Waals surface area contributed by atoms with Gasteiger partial charge in [0.1, 0.15) is 19.8 Å². The van der Waals surface area contributed by atoms with Gasteiger partial charge in [-0.25, -0.2) is 4.57 Å². The van der Waals surface area contributed by atoms with Crippen LogP contribution in [0.15, 0.2) is 72.9 Å². The fourth-order valence-electron chi connectivity index (χ4n) is 12.4. The Kier molecular flexibility index (Phi) is 74.6. The topological polar surface area (TPSA) is 108 Å². The van der Waals surface area contributed by atoms with Crippen molar-refractivity contribution in [2.75, 3.05) is 47.5 Å². The number of allylic oxidation sites excluding steroid dienone is 12. The maximum absolute atomic E-state index is 12.9. The molecule has 0 bridgehead atoms. The Labute approximate surface area is 597 Å². The van der Waals surface area contributed by atoms with Gasteiger partial charge in [-0.05, 0) is 64.2 Å². The minimum absolute atomic E-state index is 0.0333. The molecule has 9 nitrogen and oxygen atoms in total. The molecule has 96 heavy (non-hydrogen) atoms. The second-order valence-electron chi connectivity index (χ2n) is 29.5. The van der Waals surface area contributed by atoms with Gasteiger partial charge in [0.25, 0.3) is 0 Å². The Balaban J connectivity index is 3.91. The maximum atomic E-state index is 12.9. The first-order chi connectivity index (χ1) is 47.0. The van der Waals surface area contributed by atoms with Crippen molar-refractivity contribution in [3.63, 3.8) is 0 Å². The van der Waals surface area contributed by atoms with Gasteiger partial charge in [-0.3, -0.25) is 18.6 Å². The van der Waals surface area contributed by atoms with Crippen LogP contribution in [-0.2, 0) is 32.7 Å². The average Bonchev–Trinajstić information content (AvgIpc) is 2.72. The zero-order valence-electron chi connectivity index (χ0n) is 64.4. The molecule has 0 aliphatic carbocycles. The number of nitrogens with zero attached hydrogens (tertiary/aromatic N) is 1. The lowest BCUT2D eigenvalue weighted by atomic mass is 10.0. The highest BCUT2D eigenvalue weighted by molar-refractivity contribution is 7.47. The molecule has 0 aromatic carbocycles. The van der Waals surface area contributed by atoms with E-state index in [0.717, 1.165) is 70.6 Å². The molecule has 0 radical (unpaired) electrons. The van der Waals surface area contributed by atoms with Gasteiger partial charge in [-0.15, -0.1) is 0 Å². The molecule has 2 unspecified atom stereocenters. The number of rotatable bonds is 78. The van der Waals surface area contributed by atoms with Gasteiger partial charge in [0.05, 0.1) is 27.7 Å². The smallest absolute Gasteiger partial charge is 0.462 e. The van der Waals surface area contributed by atoms with Crippen molar-refractivity contribution in [3.05, 3.63) is 72.9 Å². The molecule has 0 aliphatic heterocycles. The van der Waals surface area contributed by atoms with Gasteiger partial charge in [0, 0.05) is 12.8 Å². The van der Waals surface area contributed by atoms with Crippen molar-refractivity contribution in [3.8, 4) is 0 Å². The number of hydrogen-bond donors (Lipinski definition) is 1. The van der Waals surface area contributed by atoms with E-state index in [-0.39, 0.29) is 25.6 Å². The number of unbranched alkanes of at least 4 members (excludes halogenated alkanes) is 52. The quantitative estimate of drug-likeness (QED) is 0.0211. The van der Waals surface area contributed by atoms with E-state index in [0.29, 0.717) is 23.9 Å². The highest BCUT2D eigenvalue weighted by Gasteiger charge is 2.27. The monoisotopic (exact) mass is 1370 g/mol. The summed E-state index contributed by atoms with van der Waals surface area (Å²) in [4.78, 5) is 36.0. The molecule has 0 aromatic rings. The number of likely N-dealkylation sites (N-methyl/N-ethyl adjacent to an activating group) is 1. The van der Waals surface area contributed by atoms with E-state index in [9.17, 15) is 19.0 Å². The Morgan fingerprint density at radius 3 is 0.885 bits per heavy atom. The first-order valence-electron chi connectivity index (χ1n) is 41.7. The number of ether oxygens (including phenoxy) is 2. The minimum Gasteiger partial charge on any atom is -0.462 e. The van der Waals surface area contributed by atoms with Crippen LogP contribution >= 0.6 is 7.82 Å². The van der Waals surface area contributed by atoms with Gasteiger partial charge in [-0.1, -0.05) is 408 Å². The van der Waals surface area contributed by atoms with Gasteiger partial charge in [0.15, 0.2) is 6.10 Å². The number of hydrogen-bond acceptors (Lipinski definition) is 7. The summed E-state index contributed by atoms with van der Waals surface area (Å²) in [5, 5.41) is 0. The van der Waals surface area contributed by atoms with Crippen LogP contribution in [0.2, 0.25) is 0 Å². The number of carbonyl (C=O) groups excluding carboxylic acids is 2. The summed E-state index contributed by atoms with van der Waals surface area (Å²) in [6, 6.07) is 0. The van der Waals surface area contributed by atoms with Crippen molar-refractivity contribution in [2.24, 2.45) is 0 Å². The zero-order valence-corrected chi connectivity index (χ0v) is 65.3. The highest BCUT2D eigenvalue weighted by atomic mass is 31.2. The lowest BCUT2D eigenvalue weighted by Gasteiger charge is -2.24. The van der Waals surface area contributed by atoms with E-state index < -0.39 is 26.5 Å². The highest BCUT2D eigenvalue weighted by Crippen LogP contribution is 2.43. The lowest BCUT2D eigenvalue weighted by Crippen LogP contribution is -2.37. The predicted octanol–water partition coefficient (Wildman–Crippen LogP) is 27.8. The van der Waals surface area contributed by atoms with E-state index in [1.54, 1.807) is 0 Å². The average molecular weight is 1370 g/mol. The molecule has 0 rings (SSSR count). The van der Waals surface area contributed by atoms with E-state index in [2.05, 4.69) is 86.8 Å². The summed E-state index contributed by atoms with van der Waals surface area (Å²) in [6.07, 6.45) is 105. The second kappa shape index (κ2) is 76.6. The molecule has 2 atom stereocenters. The zero-order chi connectivity index (χ0) is 69.7. The minimum atomic E-state index is -4.40.